The summed E-state index contributed by atoms with van der Waals surface area (Å²) in [7, 11) is 0. The van der Waals surface area contributed by atoms with E-state index in [-0.39, 0.29) is 0 Å². The van der Waals surface area contributed by atoms with Gasteiger partial charge in [0.1, 0.15) is 16.7 Å². The zero-order valence-corrected chi connectivity index (χ0v) is 64.6. The van der Waals surface area contributed by atoms with Crippen LogP contribution in [-0.4, -0.2) is 15.0 Å². The van der Waals surface area contributed by atoms with Crippen molar-refractivity contribution in [2.45, 2.75) is 0 Å². The SMILES string of the molecule is c1ccc2c(c1)c1cc[nH]c1c1c2c2c3[nH]ccc3c3ccccc3c2c2c3[nH]ccc3c3ccccc3c12.c1ccc2c(c1)c1ccoc1c1c2c2c3occc3c3ccccc3c2c2c3occc3c3ccccc3c12.c1ccc2c(c1)c1ccsc1c1c2c2c3sccc3c3ccccc3c2c2c3sccc3c3ccccc3c12. The molecule has 0 fully saturated rings. The van der Waals surface area contributed by atoms with Crippen LogP contribution in [0, 0.1) is 0 Å². The fourth-order valence-corrected chi connectivity index (χ4v) is 24.8. The monoisotopic (exact) mass is 1540 g/mol. The maximum Gasteiger partial charge on any atom is 0.142 e. The van der Waals surface area contributed by atoms with E-state index in [0.717, 1.165) is 65.2 Å². The second-order valence-electron chi connectivity index (χ2n) is 31.4. The van der Waals surface area contributed by atoms with Crippen LogP contribution in [0.3, 0.4) is 0 Å². The highest BCUT2D eigenvalue weighted by molar-refractivity contribution is 7.20. The van der Waals surface area contributed by atoms with Crippen LogP contribution in [0.2, 0.25) is 0 Å². The average molecular weight is 1540 g/mol. The van der Waals surface area contributed by atoms with E-state index in [4.69, 9.17) is 13.3 Å². The third-order valence-corrected chi connectivity index (χ3v) is 29.0. The summed E-state index contributed by atoms with van der Waals surface area (Å²) in [4.78, 5) is 11.0. The van der Waals surface area contributed by atoms with Crippen LogP contribution < -0.4 is 0 Å². The van der Waals surface area contributed by atoms with E-state index in [1.807, 2.05) is 52.8 Å². The van der Waals surface area contributed by atoms with Crippen molar-refractivity contribution in [1.29, 1.82) is 0 Å². The van der Waals surface area contributed by atoms with Crippen LogP contribution in [0.25, 0.3) is 290 Å². The normalized spacial score (nSPS) is 12.6. The molecular formula is C108H57N3O3S3. The van der Waals surface area contributed by atoms with Crippen LogP contribution in [0.1, 0.15) is 0 Å². The van der Waals surface area contributed by atoms with Crippen molar-refractivity contribution < 1.29 is 13.3 Å². The van der Waals surface area contributed by atoms with E-state index < -0.39 is 0 Å². The molecule has 30 aromatic rings. The lowest BCUT2D eigenvalue weighted by Gasteiger charge is -2.19. The first kappa shape index (κ1) is 62.9. The molecule has 0 saturated carbocycles. The van der Waals surface area contributed by atoms with Gasteiger partial charge in [0.15, 0.2) is 0 Å². The van der Waals surface area contributed by atoms with Crippen molar-refractivity contribution in [3.63, 3.8) is 0 Å². The lowest BCUT2D eigenvalue weighted by atomic mass is 9.84. The maximum absolute atomic E-state index is 6.36. The number of furan rings is 3. The number of aromatic amines is 3. The summed E-state index contributed by atoms with van der Waals surface area (Å²) in [5, 5.41) is 63.9. The Morgan fingerprint density at radius 2 is 0.350 bits per heavy atom. The molecule has 0 spiro atoms. The number of rotatable bonds is 0. The Bertz CT molecular complexity index is 7910. The highest BCUT2D eigenvalue weighted by Crippen LogP contribution is 2.58. The number of hydrogen-bond donors (Lipinski definition) is 3. The predicted molar refractivity (Wildman–Crippen MR) is 505 cm³/mol. The number of hydrogen-bond acceptors (Lipinski definition) is 6. The van der Waals surface area contributed by atoms with E-state index in [9.17, 15) is 0 Å². The van der Waals surface area contributed by atoms with Crippen molar-refractivity contribution in [1.82, 2.24) is 15.0 Å². The summed E-state index contributed by atoms with van der Waals surface area (Å²) in [5.74, 6) is 0. The van der Waals surface area contributed by atoms with E-state index in [1.54, 1.807) is 0 Å². The summed E-state index contributed by atoms with van der Waals surface area (Å²) >= 11 is 5.67. The summed E-state index contributed by atoms with van der Waals surface area (Å²) in [6, 6.07) is 99.7. The summed E-state index contributed by atoms with van der Waals surface area (Å²) in [5.41, 5.74) is 6.25. The second kappa shape index (κ2) is 23.1. The predicted octanol–water partition coefficient (Wildman–Crippen LogP) is 33.1. The van der Waals surface area contributed by atoms with Gasteiger partial charge < -0.3 is 28.2 Å². The fraction of sp³-hybridized carbons (Fsp3) is 0. The molecule has 117 heavy (non-hydrogen) atoms. The number of thiophene rings is 3. The molecule has 0 aliphatic carbocycles. The molecule has 0 bridgehead atoms. The molecule has 0 saturated heterocycles. The van der Waals surface area contributed by atoms with Crippen LogP contribution >= 0.6 is 34.0 Å². The van der Waals surface area contributed by atoms with Crippen molar-refractivity contribution in [3.8, 4) is 0 Å². The maximum atomic E-state index is 6.36. The Labute approximate surface area is 673 Å². The summed E-state index contributed by atoms with van der Waals surface area (Å²) in [6.07, 6.45) is 11.7. The highest BCUT2D eigenvalue weighted by Gasteiger charge is 2.30. The lowest BCUT2D eigenvalue weighted by Crippen LogP contribution is -1.92. The quantitative estimate of drug-likeness (QED) is 0.132. The van der Waals surface area contributed by atoms with E-state index >= 15 is 0 Å². The zero-order valence-electron chi connectivity index (χ0n) is 62.1. The first-order valence-electron chi connectivity index (χ1n) is 39.8. The van der Waals surface area contributed by atoms with Gasteiger partial charge in [-0.1, -0.05) is 218 Å². The summed E-state index contributed by atoms with van der Waals surface area (Å²) < 4.78 is 23.3. The van der Waals surface area contributed by atoms with Gasteiger partial charge in [-0.2, -0.15) is 0 Å². The van der Waals surface area contributed by atoms with Crippen LogP contribution in [0.5, 0.6) is 0 Å². The third-order valence-electron chi connectivity index (χ3n) is 26.2. The number of nitrogens with one attached hydrogen (secondary N) is 3. The molecule has 540 valence electrons. The smallest absolute Gasteiger partial charge is 0.142 e. The molecule has 0 unspecified atom stereocenters. The molecule has 0 amide bonds. The molecule has 9 heterocycles. The standard InChI is InChI=1S/C36H21N3.C36H18O3.C36H18S3/c3*1-4-10-22-19(7-1)25-13-16-37-34(25)31-28(22)32-30(24-12-6-3-9-21(24)26-14-17-38-35(26)32)33-29(31)23-11-5-2-8-20(23)27-15-18-39-36(27)33/h1-18,37-39H;2*1-18H. The molecule has 21 aromatic carbocycles. The number of benzene rings is 21. The fourth-order valence-electron chi connectivity index (χ4n) is 21.9. The van der Waals surface area contributed by atoms with Gasteiger partial charge in [0.25, 0.3) is 0 Å². The van der Waals surface area contributed by atoms with E-state index in [1.165, 1.54) is 225 Å². The molecule has 6 nitrogen and oxygen atoms in total. The number of aromatic nitrogens is 3. The summed E-state index contributed by atoms with van der Waals surface area (Å²) in [6.45, 7) is 0. The number of fused-ring (bicyclic) bond motifs is 63. The van der Waals surface area contributed by atoms with Crippen LogP contribution in [-0.2, 0) is 0 Å². The molecule has 0 aliphatic rings. The van der Waals surface area contributed by atoms with Gasteiger partial charge in [-0.25, -0.2) is 0 Å². The Morgan fingerprint density at radius 1 is 0.154 bits per heavy atom. The van der Waals surface area contributed by atoms with Gasteiger partial charge in [-0.15, -0.1) is 34.0 Å². The van der Waals surface area contributed by atoms with Gasteiger partial charge in [0.2, 0.25) is 0 Å². The molecule has 9 heteroatoms. The minimum absolute atomic E-state index is 0.888. The molecule has 9 aromatic heterocycles. The Balaban J connectivity index is 0.0000000917. The first-order chi connectivity index (χ1) is 58.2. The number of H-pyrrole nitrogens is 3. The third kappa shape index (κ3) is 7.98. The largest absolute Gasteiger partial charge is 0.464 e. The molecule has 0 atom stereocenters. The molecule has 30 rings (SSSR count). The Kier molecular flexibility index (Phi) is 12.4. The molecular weight excluding hydrogens is 1480 g/mol. The minimum Gasteiger partial charge on any atom is -0.464 e. The van der Waals surface area contributed by atoms with Crippen molar-refractivity contribution in [3.05, 3.63) is 327 Å². The van der Waals surface area contributed by atoms with Crippen molar-refractivity contribution in [2.24, 2.45) is 0 Å². The van der Waals surface area contributed by atoms with Crippen molar-refractivity contribution >= 4 is 324 Å². The van der Waals surface area contributed by atoms with E-state index in [0.29, 0.717) is 0 Å². The van der Waals surface area contributed by atoms with Gasteiger partial charge in [0.05, 0.1) is 35.3 Å². The highest BCUT2D eigenvalue weighted by atomic mass is 32.1. The van der Waals surface area contributed by atoms with E-state index in [2.05, 4.69) is 323 Å². The topological polar surface area (TPSA) is 86.8 Å². The zero-order chi connectivity index (χ0) is 75.7. The minimum atomic E-state index is 0.888. The molecule has 0 radical (unpaired) electrons. The van der Waals surface area contributed by atoms with Gasteiger partial charge in [-0.3, -0.25) is 0 Å². The lowest BCUT2D eigenvalue weighted by molar-refractivity contribution is 0.619. The van der Waals surface area contributed by atoms with Crippen LogP contribution in [0.15, 0.2) is 340 Å². The Hall–Kier alpha value is -14.6. The molecule has 0 aliphatic heterocycles. The van der Waals surface area contributed by atoms with Crippen molar-refractivity contribution in [2.75, 3.05) is 0 Å². The van der Waals surface area contributed by atoms with Gasteiger partial charge in [0, 0.05) is 178 Å². The Morgan fingerprint density at radius 3 is 0.590 bits per heavy atom. The van der Waals surface area contributed by atoms with Crippen LogP contribution in [0.4, 0.5) is 0 Å². The van der Waals surface area contributed by atoms with Gasteiger partial charge >= 0.3 is 0 Å². The average Bonchev–Trinajstić information content (AvgIpc) is 1.48. The molecule has 3 N–H and O–H groups in total. The first-order valence-corrected chi connectivity index (χ1v) is 42.4. The second-order valence-corrected chi connectivity index (χ2v) is 34.2. The van der Waals surface area contributed by atoms with Gasteiger partial charge in [-0.05, 0) is 168 Å².